The van der Waals surface area contributed by atoms with Crippen molar-refractivity contribution in [2.45, 2.75) is 38.8 Å². The fourth-order valence-corrected chi connectivity index (χ4v) is 2.17. The van der Waals surface area contributed by atoms with Gasteiger partial charge in [0.2, 0.25) is 0 Å². The molecule has 1 aliphatic heterocycles. The summed E-state index contributed by atoms with van der Waals surface area (Å²) in [7, 11) is 0. The van der Waals surface area contributed by atoms with E-state index in [2.05, 4.69) is 0 Å². The maximum absolute atomic E-state index is 11.1. The zero-order chi connectivity index (χ0) is 11.6. The lowest BCUT2D eigenvalue weighted by atomic mass is 9.88. The normalized spacial score (nSPS) is 27.9. The summed E-state index contributed by atoms with van der Waals surface area (Å²) in [6.07, 6.45) is 1.20. The molecule has 15 heavy (non-hydrogen) atoms. The van der Waals surface area contributed by atoms with Crippen molar-refractivity contribution in [2.24, 2.45) is 5.92 Å². The van der Waals surface area contributed by atoms with E-state index in [0.29, 0.717) is 13.0 Å². The Morgan fingerprint density at radius 2 is 1.87 bits per heavy atom. The van der Waals surface area contributed by atoms with Gasteiger partial charge in [-0.2, -0.15) is 0 Å². The Morgan fingerprint density at radius 3 is 2.27 bits per heavy atom. The third kappa shape index (κ3) is 2.47. The van der Waals surface area contributed by atoms with Gasteiger partial charge in [0.1, 0.15) is 6.04 Å². The lowest BCUT2D eigenvalue weighted by Crippen LogP contribution is -2.54. The second-order valence-corrected chi connectivity index (χ2v) is 4.20. The van der Waals surface area contributed by atoms with Crippen molar-refractivity contribution in [1.29, 1.82) is 0 Å². The van der Waals surface area contributed by atoms with Crippen LogP contribution in [0, 0.1) is 5.92 Å². The van der Waals surface area contributed by atoms with Crippen LogP contribution in [0.2, 0.25) is 0 Å². The monoisotopic (exact) mass is 215 g/mol. The van der Waals surface area contributed by atoms with E-state index in [9.17, 15) is 9.59 Å². The Labute approximate surface area is 88.7 Å². The highest BCUT2D eigenvalue weighted by atomic mass is 16.4. The number of nitrogens with zero attached hydrogens (tertiary/aromatic N) is 1. The predicted molar refractivity (Wildman–Crippen MR) is 53.6 cm³/mol. The van der Waals surface area contributed by atoms with E-state index >= 15 is 0 Å². The molecule has 86 valence electrons. The van der Waals surface area contributed by atoms with Gasteiger partial charge in [-0.15, -0.1) is 0 Å². The van der Waals surface area contributed by atoms with Crippen LogP contribution in [0.1, 0.15) is 26.7 Å². The summed E-state index contributed by atoms with van der Waals surface area (Å²) in [6, 6.07) is -0.815. The van der Waals surface area contributed by atoms with Crippen molar-refractivity contribution in [3.05, 3.63) is 0 Å². The maximum Gasteiger partial charge on any atom is 0.321 e. The quantitative estimate of drug-likeness (QED) is 0.722. The molecule has 1 aliphatic rings. The Hall–Kier alpha value is -1.10. The molecule has 2 N–H and O–H groups in total. The van der Waals surface area contributed by atoms with Gasteiger partial charge in [-0.25, -0.2) is 0 Å². The maximum atomic E-state index is 11.1. The summed E-state index contributed by atoms with van der Waals surface area (Å²) in [5, 5.41) is 18.0. The third-order valence-electron chi connectivity index (χ3n) is 2.90. The summed E-state index contributed by atoms with van der Waals surface area (Å²) >= 11 is 0. The fraction of sp³-hybridized carbons (Fsp3) is 0.800. The molecule has 0 aromatic heterocycles. The summed E-state index contributed by atoms with van der Waals surface area (Å²) < 4.78 is 0. The lowest BCUT2D eigenvalue weighted by Gasteiger charge is -2.39. The minimum atomic E-state index is -1.03. The van der Waals surface area contributed by atoms with Gasteiger partial charge in [0.15, 0.2) is 0 Å². The van der Waals surface area contributed by atoms with Gasteiger partial charge in [0, 0.05) is 6.04 Å². The molecule has 0 spiro atoms. The highest BCUT2D eigenvalue weighted by Crippen LogP contribution is 2.25. The Bertz CT molecular complexity index is 264. The van der Waals surface area contributed by atoms with E-state index in [1.54, 1.807) is 4.90 Å². The largest absolute Gasteiger partial charge is 0.481 e. The predicted octanol–water partition coefficient (Wildman–Crippen LogP) is 0.645. The third-order valence-corrected chi connectivity index (χ3v) is 2.90. The number of aliphatic carboxylic acids is 2. The van der Waals surface area contributed by atoms with Crippen molar-refractivity contribution in [1.82, 2.24) is 4.90 Å². The van der Waals surface area contributed by atoms with Crippen LogP contribution in [-0.2, 0) is 9.59 Å². The molecular weight excluding hydrogens is 198 g/mol. The summed E-state index contributed by atoms with van der Waals surface area (Å²) in [6.45, 7) is 4.44. The standard InChI is InChI=1S/C10H17NO4/c1-6(2)11-5-3-4-7(9(12)13)8(11)10(14)15/h6-8H,3-5H2,1-2H3,(H,12,13)(H,14,15)/t7-,8+/m0/s1. The number of carboxylic acid groups (broad SMARTS) is 2. The van der Waals surface area contributed by atoms with Gasteiger partial charge < -0.3 is 10.2 Å². The Kier molecular flexibility index (Phi) is 3.68. The number of hydrogen-bond acceptors (Lipinski definition) is 3. The summed E-state index contributed by atoms with van der Waals surface area (Å²) in [5.74, 6) is -2.82. The van der Waals surface area contributed by atoms with Crippen molar-refractivity contribution >= 4 is 11.9 Å². The van der Waals surface area contributed by atoms with Crippen LogP contribution in [-0.4, -0.2) is 45.7 Å². The molecule has 0 unspecified atom stereocenters. The molecule has 2 atom stereocenters. The van der Waals surface area contributed by atoms with Gasteiger partial charge in [-0.3, -0.25) is 14.5 Å². The topological polar surface area (TPSA) is 77.8 Å². The van der Waals surface area contributed by atoms with Gasteiger partial charge >= 0.3 is 11.9 Å². The number of carbonyl (C=O) groups is 2. The van der Waals surface area contributed by atoms with E-state index in [4.69, 9.17) is 10.2 Å². The highest BCUT2D eigenvalue weighted by molar-refractivity contribution is 5.82. The molecule has 0 bridgehead atoms. The van der Waals surface area contributed by atoms with E-state index in [1.807, 2.05) is 13.8 Å². The molecule has 0 saturated carbocycles. The van der Waals surface area contributed by atoms with Crippen LogP contribution in [0.3, 0.4) is 0 Å². The average molecular weight is 215 g/mol. The summed E-state index contributed by atoms with van der Waals surface area (Å²) in [4.78, 5) is 23.8. The number of carboxylic acids is 2. The van der Waals surface area contributed by atoms with Gasteiger partial charge in [0.05, 0.1) is 5.92 Å². The van der Waals surface area contributed by atoms with Crippen molar-refractivity contribution in [3.8, 4) is 0 Å². The molecule has 5 heteroatoms. The van der Waals surface area contributed by atoms with Crippen LogP contribution < -0.4 is 0 Å². The van der Waals surface area contributed by atoms with E-state index in [1.165, 1.54) is 0 Å². The molecule has 0 aromatic carbocycles. The van der Waals surface area contributed by atoms with Crippen LogP contribution >= 0.6 is 0 Å². The first-order valence-electron chi connectivity index (χ1n) is 5.16. The summed E-state index contributed by atoms with van der Waals surface area (Å²) in [5.41, 5.74) is 0. The highest BCUT2D eigenvalue weighted by Gasteiger charge is 2.41. The van der Waals surface area contributed by atoms with E-state index < -0.39 is 23.9 Å². The van der Waals surface area contributed by atoms with Gasteiger partial charge in [-0.05, 0) is 33.2 Å². The molecule has 1 rings (SSSR count). The Morgan fingerprint density at radius 1 is 1.27 bits per heavy atom. The molecule has 0 aliphatic carbocycles. The molecule has 1 saturated heterocycles. The molecular formula is C10H17NO4. The minimum Gasteiger partial charge on any atom is -0.481 e. The molecule has 0 amide bonds. The Balaban J connectivity index is 2.90. The second-order valence-electron chi connectivity index (χ2n) is 4.20. The lowest BCUT2D eigenvalue weighted by molar-refractivity contribution is -0.159. The molecule has 1 heterocycles. The molecule has 0 aromatic rings. The first kappa shape index (κ1) is 12.0. The fourth-order valence-electron chi connectivity index (χ4n) is 2.17. The average Bonchev–Trinajstić information content (AvgIpc) is 2.16. The van der Waals surface area contributed by atoms with Crippen LogP contribution in [0.5, 0.6) is 0 Å². The van der Waals surface area contributed by atoms with Crippen molar-refractivity contribution < 1.29 is 19.8 Å². The molecule has 5 nitrogen and oxygen atoms in total. The minimum absolute atomic E-state index is 0.0632. The number of rotatable bonds is 3. The van der Waals surface area contributed by atoms with E-state index in [0.717, 1.165) is 6.42 Å². The number of likely N-dealkylation sites (tertiary alicyclic amines) is 1. The van der Waals surface area contributed by atoms with E-state index in [-0.39, 0.29) is 6.04 Å². The van der Waals surface area contributed by atoms with Gasteiger partial charge in [0.25, 0.3) is 0 Å². The molecule has 0 radical (unpaired) electrons. The van der Waals surface area contributed by atoms with Crippen molar-refractivity contribution in [2.75, 3.05) is 6.54 Å². The van der Waals surface area contributed by atoms with Crippen LogP contribution in [0.25, 0.3) is 0 Å². The van der Waals surface area contributed by atoms with Gasteiger partial charge in [-0.1, -0.05) is 0 Å². The second kappa shape index (κ2) is 4.61. The zero-order valence-electron chi connectivity index (χ0n) is 9.01. The number of piperidine rings is 1. The molecule has 1 fully saturated rings. The first-order valence-corrected chi connectivity index (χ1v) is 5.16. The van der Waals surface area contributed by atoms with Crippen molar-refractivity contribution in [3.63, 3.8) is 0 Å². The smallest absolute Gasteiger partial charge is 0.321 e. The zero-order valence-corrected chi connectivity index (χ0v) is 9.01. The van der Waals surface area contributed by atoms with Crippen LogP contribution in [0.4, 0.5) is 0 Å². The first-order chi connectivity index (χ1) is 6.95. The van der Waals surface area contributed by atoms with Crippen LogP contribution in [0.15, 0.2) is 0 Å². The number of hydrogen-bond donors (Lipinski definition) is 2. The SMILES string of the molecule is CC(C)N1CCC[C@H](C(=O)O)[C@@H]1C(=O)O.